The summed E-state index contributed by atoms with van der Waals surface area (Å²) in [7, 11) is 0. The first-order valence-corrected chi connectivity index (χ1v) is 9.33. The zero-order valence-electron chi connectivity index (χ0n) is 15.6. The quantitative estimate of drug-likeness (QED) is 0.623. The third-order valence-corrected chi connectivity index (χ3v) is 4.45. The lowest BCUT2D eigenvalue weighted by Gasteiger charge is -2.15. The van der Waals surface area contributed by atoms with Crippen LogP contribution in [0.15, 0.2) is 84.9 Å². The number of amides is 1. The van der Waals surface area contributed by atoms with Crippen molar-refractivity contribution in [1.29, 1.82) is 0 Å². The van der Waals surface area contributed by atoms with Gasteiger partial charge in [0.05, 0.1) is 0 Å². The molecule has 0 aliphatic heterocycles. The van der Waals surface area contributed by atoms with Gasteiger partial charge in [-0.1, -0.05) is 78.9 Å². The number of ether oxygens (including phenoxy) is 1. The van der Waals surface area contributed by atoms with Gasteiger partial charge in [-0.2, -0.15) is 0 Å². The molecular formula is C24H25NO2. The lowest BCUT2D eigenvalue weighted by molar-refractivity contribution is -0.123. The normalized spacial score (nSPS) is 11.6. The number of hydrogen-bond donors (Lipinski definition) is 1. The molecule has 3 aromatic carbocycles. The summed E-state index contributed by atoms with van der Waals surface area (Å²) in [5, 5.41) is 3.02. The van der Waals surface area contributed by atoms with Crippen LogP contribution in [0, 0.1) is 0 Å². The van der Waals surface area contributed by atoms with Gasteiger partial charge in [0.25, 0.3) is 5.91 Å². The van der Waals surface area contributed by atoms with Gasteiger partial charge in [-0.05, 0) is 37.0 Å². The minimum Gasteiger partial charge on any atom is -0.483 e. The van der Waals surface area contributed by atoms with Crippen molar-refractivity contribution in [3.05, 3.63) is 90.5 Å². The van der Waals surface area contributed by atoms with E-state index in [4.69, 9.17) is 4.74 Å². The van der Waals surface area contributed by atoms with E-state index < -0.39 is 0 Å². The Labute approximate surface area is 161 Å². The average Bonchev–Trinajstić information content (AvgIpc) is 2.72. The van der Waals surface area contributed by atoms with Crippen LogP contribution in [0.4, 0.5) is 0 Å². The molecule has 138 valence electrons. The van der Waals surface area contributed by atoms with Crippen LogP contribution in [0.2, 0.25) is 0 Å². The first kappa shape index (κ1) is 18.7. The molecule has 0 bridgehead atoms. The summed E-state index contributed by atoms with van der Waals surface area (Å²) in [6.45, 7) is 2.04. The summed E-state index contributed by atoms with van der Waals surface area (Å²) in [5.41, 5.74) is 3.35. The summed E-state index contributed by atoms with van der Waals surface area (Å²) < 4.78 is 5.80. The number of nitrogens with one attached hydrogen (secondary N) is 1. The van der Waals surface area contributed by atoms with Crippen LogP contribution < -0.4 is 10.1 Å². The number of benzene rings is 3. The second-order valence-corrected chi connectivity index (χ2v) is 6.64. The maximum atomic E-state index is 12.2. The van der Waals surface area contributed by atoms with E-state index >= 15 is 0 Å². The van der Waals surface area contributed by atoms with Crippen LogP contribution in [-0.2, 0) is 11.2 Å². The third-order valence-electron chi connectivity index (χ3n) is 4.45. The van der Waals surface area contributed by atoms with Crippen molar-refractivity contribution >= 4 is 5.91 Å². The summed E-state index contributed by atoms with van der Waals surface area (Å²) >= 11 is 0. The van der Waals surface area contributed by atoms with E-state index in [-0.39, 0.29) is 18.6 Å². The van der Waals surface area contributed by atoms with Gasteiger partial charge in [-0.3, -0.25) is 4.79 Å². The fraction of sp³-hybridized carbons (Fsp3) is 0.208. The molecule has 0 aromatic heterocycles. The third kappa shape index (κ3) is 5.71. The maximum absolute atomic E-state index is 12.2. The van der Waals surface area contributed by atoms with E-state index in [0.29, 0.717) is 0 Å². The maximum Gasteiger partial charge on any atom is 0.258 e. The first-order valence-electron chi connectivity index (χ1n) is 9.33. The van der Waals surface area contributed by atoms with Crippen molar-refractivity contribution in [2.75, 3.05) is 6.61 Å². The molecule has 0 saturated carbocycles. The predicted molar refractivity (Wildman–Crippen MR) is 110 cm³/mol. The zero-order valence-corrected chi connectivity index (χ0v) is 15.6. The topological polar surface area (TPSA) is 38.3 Å². The molecule has 0 heterocycles. The Kier molecular flexibility index (Phi) is 6.64. The minimum atomic E-state index is -0.0987. The van der Waals surface area contributed by atoms with Crippen molar-refractivity contribution in [3.8, 4) is 16.9 Å². The number of hydrogen-bond acceptors (Lipinski definition) is 2. The van der Waals surface area contributed by atoms with Crippen LogP contribution in [0.5, 0.6) is 5.75 Å². The Bertz CT molecular complexity index is 847. The van der Waals surface area contributed by atoms with Crippen molar-refractivity contribution in [1.82, 2.24) is 5.32 Å². The van der Waals surface area contributed by atoms with E-state index in [0.717, 1.165) is 29.7 Å². The Hall–Kier alpha value is -3.07. The number of carbonyl (C=O) groups is 1. The van der Waals surface area contributed by atoms with Crippen molar-refractivity contribution < 1.29 is 9.53 Å². The Balaban J connectivity index is 1.51. The molecule has 0 radical (unpaired) electrons. The second-order valence-electron chi connectivity index (χ2n) is 6.64. The highest BCUT2D eigenvalue weighted by Gasteiger charge is 2.10. The van der Waals surface area contributed by atoms with Crippen LogP contribution >= 0.6 is 0 Å². The highest BCUT2D eigenvalue weighted by Crippen LogP contribution is 2.29. The summed E-state index contributed by atoms with van der Waals surface area (Å²) in [5.74, 6) is 0.620. The molecule has 1 atom stereocenters. The molecule has 27 heavy (non-hydrogen) atoms. The number of rotatable bonds is 8. The largest absolute Gasteiger partial charge is 0.483 e. The Morgan fingerprint density at radius 1 is 0.889 bits per heavy atom. The smallest absolute Gasteiger partial charge is 0.258 e. The molecule has 1 amide bonds. The zero-order chi connectivity index (χ0) is 18.9. The molecule has 1 N–H and O–H groups in total. The SMILES string of the molecule is CC(CCc1ccccc1)NC(=O)COc1ccccc1-c1ccccc1. The average molecular weight is 359 g/mol. The monoisotopic (exact) mass is 359 g/mol. The van der Waals surface area contributed by atoms with E-state index in [1.165, 1.54) is 5.56 Å². The Morgan fingerprint density at radius 3 is 2.26 bits per heavy atom. The number of aryl methyl sites for hydroxylation is 1. The van der Waals surface area contributed by atoms with E-state index in [1.54, 1.807) is 0 Å². The molecule has 0 spiro atoms. The molecule has 0 fully saturated rings. The molecule has 3 rings (SSSR count). The molecule has 3 aromatic rings. The molecular weight excluding hydrogens is 334 g/mol. The fourth-order valence-corrected chi connectivity index (χ4v) is 3.01. The Morgan fingerprint density at radius 2 is 1.52 bits per heavy atom. The molecule has 0 saturated heterocycles. The minimum absolute atomic E-state index is 0.0134. The van der Waals surface area contributed by atoms with Gasteiger partial charge in [0.1, 0.15) is 5.75 Å². The predicted octanol–water partition coefficient (Wildman–Crippen LogP) is 4.87. The highest BCUT2D eigenvalue weighted by molar-refractivity contribution is 5.78. The summed E-state index contributed by atoms with van der Waals surface area (Å²) in [4.78, 5) is 12.2. The number of carbonyl (C=O) groups excluding carboxylic acids is 1. The molecule has 3 heteroatoms. The van der Waals surface area contributed by atoms with Gasteiger partial charge >= 0.3 is 0 Å². The summed E-state index contributed by atoms with van der Waals surface area (Å²) in [6, 6.07) is 28.2. The molecule has 1 unspecified atom stereocenters. The van der Waals surface area contributed by atoms with Crippen molar-refractivity contribution in [3.63, 3.8) is 0 Å². The van der Waals surface area contributed by atoms with Gasteiger partial charge in [0, 0.05) is 11.6 Å². The van der Waals surface area contributed by atoms with Crippen LogP contribution in [0.3, 0.4) is 0 Å². The lowest BCUT2D eigenvalue weighted by Crippen LogP contribution is -2.36. The van der Waals surface area contributed by atoms with Gasteiger partial charge in [-0.25, -0.2) is 0 Å². The van der Waals surface area contributed by atoms with Crippen molar-refractivity contribution in [2.24, 2.45) is 0 Å². The van der Waals surface area contributed by atoms with Gasteiger partial charge < -0.3 is 10.1 Å². The molecule has 3 nitrogen and oxygen atoms in total. The van der Waals surface area contributed by atoms with Crippen molar-refractivity contribution in [2.45, 2.75) is 25.8 Å². The van der Waals surface area contributed by atoms with Gasteiger partial charge in [0.2, 0.25) is 0 Å². The molecule has 0 aliphatic rings. The van der Waals surface area contributed by atoms with Crippen LogP contribution in [0.1, 0.15) is 18.9 Å². The fourth-order valence-electron chi connectivity index (χ4n) is 3.01. The second kappa shape index (κ2) is 9.58. The summed E-state index contributed by atoms with van der Waals surface area (Å²) in [6.07, 6.45) is 1.84. The number of para-hydroxylation sites is 1. The van der Waals surface area contributed by atoms with Crippen LogP contribution in [0.25, 0.3) is 11.1 Å². The molecule has 0 aliphatic carbocycles. The lowest BCUT2D eigenvalue weighted by atomic mass is 10.1. The van der Waals surface area contributed by atoms with E-state index in [1.807, 2.05) is 79.7 Å². The standard InChI is InChI=1S/C24H25NO2/c1-19(16-17-20-10-4-2-5-11-20)25-24(26)18-27-23-15-9-8-14-22(23)21-12-6-3-7-13-21/h2-15,19H,16-18H2,1H3,(H,25,26). The highest BCUT2D eigenvalue weighted by atomic mass is 16.5. The first-order chi connectivity index (χ1) is 13.2. The van der Waals surface area contributed by atoms with Gasteiger partial charge in [0.15, 0.2) is 6.61 Å². The van der Waals surface area contributed by atoms with Crippen LogP contribution in [-0.4, -0.2) is 18.6 Å². The van der Waals surface area contributed by atoms with E-state index in [2.05, 4.69) is 17.4 Å². The van der Waals surface area contributed by atoms with E-state index in [9.17, 15) is 4.79 Å². The van der Waals surface area contributed by atoms with Gasteiger partial charge in [-0.15, -0.1) is 0 Å².